The molecule has 0 saturated heterocycles. The largest absolute Gasteiger partial charge is 0.466 e. The number of carbonyl (C=O) groups is 1. The first-order chi connectivity index (χ1) is 9.27. The summed E-state index contributed by atoms with van der Waals surface area (Å²) in [5, 5.41) is 0. The highest BCUT2D eigenvalue weighted by atomic mass is 32.2. The molecule has 3 N–H and O–H groups in total. The molecule has 0 aliphatic rings. The highest BCUT2D eigenvalue weighted by Gasteiger charge is 2.21. The minimum absolute atomic E-state index is 0.175. The van der Waals surface area contributed by atoms with Gasteiger partial charge in [-0.3, -0.25) is 4.79 Å². The fraction of sp³-hybridized carbons (Fsp3) is 0.364. The molecular weight excluding hydrogens is 294 g/mol. The maximum absolute atomic E-state index is 13.4. The molecule has 0 radical (unpaired) electrons. The minimum atomic E-state index is -4.22. The van der Waals surface area contributed by atoms with E-state index in [-0.39, 0.29) is 19.6 Å². The van der Waals surface area contributed by atoms with E-state index < -0.39 is 38.2 Å². The van der Waals surface area contributed by atoms with E-state index in [1.165, 1.54) is 0 Å². The van der Waals surface area contributed by atoms with E-state index in [0.717, 1.165) is 0 Å². The summed E-state index contributed by atoms with van der Waals surface area (Å²) in [5.41, 5.74) is 4.71. The molecule has 0 spiro atoms. The Kier molecular flexibility index (Phi) is 5.40. The number of esters is 1. The predicted octanol–water partition coefficient (Wildman–Crippen LogP) is 0.778. The SMILES string of the molecule is CCOC(=O)CCNS(=O)(=O)c1cc(N)c(F)cc1F. The molecule has 1 rings (SSSR count). The standard InChI is InChI=1S/C11H14F2N2O4S/c1-2-19-11(16)3-4-15-20(17,18)10-6-9(14)7(12)5-8(10)13/h5-6,15H,2-4,14H2,1H3. The van der Waals surface area contributed by atoms with Gasteiger partial charge in [-0.1, -0.05) is 0 Å². The van der Waals surface area contributed by atoms with E-state index in [4.69, 9.17) is 5.73 Å². The summed E-state index contributed by atoms with van der Waals surface area (Å²) >= 11 is 0. The van der Waals surface area contributed by atoms with E-state index in [1.54, 1.807) is 6.92 Å². The zero-order valence-electron chi connectivity index (χ0n) is 10.7. The molecule has 1 aromatic carbocycles. The average Bonchev–Trinajstić information content (AvgIpc) is 2.33. The van der Waals surface area contributed by atoms with Gasteiger partial charge in [-0.05, 0) is 13.0 Å². The van der Waals surface area contributed by atoms with Crippen LogP contribution in [0, 0.1) is 11.6 Å². The predicted molar refractivity (Wildman–Crippen MR) is 67.2 cm³/mol. The Morgan fingerprint density at radius 2 is 2.00 bits per heavy atom. The highest BCUT2D eigenvalue weighted by Crippen LogP contribution is 2.20. The summed E-state index contributed by atoms with van der Waals surface area (Å²) < 4.78 is 56.5. The quantitative estimate of drug-likeness (QED) is 0.597. The van der Waals surface area contributed by atoms with Crippen molar-refractivity contribution in [3.63, 3.8) is 0 Å². The number of nitrogens with two attached hydrogens (primary N) is 1. The molecule has 0 unspecified atom stereocenters. The Bertz CT molecular complexity index is 605. The minimum Gasteiger partial charge on any atom is -0.466 e. The second-order valence-electron chi connectivity index (χ2n) is 3.76. The molecule has 0 atom stereocenters. The molecule has 0 fully saturated rings. The number of carbonyl (C=O) groups excluding carboxylic acids is 1. The van der Waals surface area contributed by atoms with Crippen molar-refractivity contribution in [3.8, 4) is 0 Å². The number of hydrogen-bond acceptors (Lipinski definition) is 5. The van der Waals surface area contributed by atoms with Crippen molar-refractivity contribution in [1.29, 1.82) is 0 Å². The van der Waals surface area contributed by atoms with Crippen LogP contribution in [0.1, 0.15) is 13.3 Å². The van der Waals surface area contributed by atoms with Crippen LogP contribution < -0.4 is 10.5 Å². The molecule has 1 aromatic rings. The van der Waals surface area contributed by atoms with Crippen LogP contribution in [0.2, 0.25) is 0 Å². The van der Waals surface area contributed by atoms with Gasteiger partial charge >= 0.3 is 5.97 Å². The van der Waals surface area contributed by atoms with Gasteiger partial charge in [0.15, 0.2) is 0 Å². The summed E-state index contributed by atoms with van der Waals surface area (Å²) in [6.07, 6.45) is -0.203. The Labute approximate surface area is 115 Å². The van der Waals surface area contributed by atoms with Crippen LogP contribution in [-0.4, -0.2) is 27.5 Å². The van der Waals surface area contributed by atoms with E-state index >= 15 is 0 Å². The number of benzene rings is 1. The lowest BCUT2D eigenvalue weighted by Gasteiger charge is -2.08. The first kappa shape index (κ1) is 16.3. The van der Waals surface area contributed by atoms with E-state index in [1.807, 2.05) is 4.72 Å². The van der Waals surface area contributed by atoms with Crippen LogP contribution in [0.3, 0.4) is 0 Å². The third-order valence-corrected chi connectivity index (χ3v) is 3.74. The third-order valence-electron chi connectivity index (χ3n) is 2.27. The van der Waals surface area contributed by atoms with Gasteiger partial charge in [0, 0.05) is 12.6 Å². The molecule has 112 valence electrons. The van der Waals surface area contributed by atoms with Crippen LogP contribution in [-0.2, 0) is 19.6 Å². The Hall–Kier alpha value is -1.74. The second-order valence-corrected chi connectivity index (χ2v) is 5.49. The number of sulfonamides is 1. The number of halogens is 2. The van der Waals surface area contributed by atoms with Gasteiger partial charge in [0.25, 0.3) is 0 Å². The van der Waals surface area contributed by atoms with Crippen LogP contribution in [0.25, 0.3) is 0 Å². The van der Waals surface area contributed by atoms with Crippen molar-refractivity contribution >= 4 is 21.7 Å². The monoisotopic (exact) mass is 308 g/mol. The molecule has 0 aliphatic heterocycles. The van der Waals surface area contributed by atoms with Gasteiger partial charge in [0.2, 0.25) is 10.0 Å². The number of hydrogen-bond donors (Lipinski definition) is 2. The molecule has 20 heavy (non-hydrogen) atoms. The average molecular weight is 308 g/mol. The van der Waals surface area contributed by atoms with Gasteiger partial charge in [0.1, 0.15) is 16.5 Å². The van der Waals surface area contributed by atoms with E-state index in [2.05, 4.69) is 4.74 Å². The first-order valence-corrected chi connectivity index (χ1v) is 7.16. The maximum Gasteiger partial charge on any atom is 0.307 e. The second kappa shape index (κ2) is 6.62. The van der Waals surface area contributed by atoms with Crippen molar-refractivity contribution < 1.29 is 26.7 Å². The number of anilines is 1. The molecule has 0 saturated carbocycles. The summed E-state index contributed by atoms with van der Waals surface area (Å²) in [7, 11) is -4.22. The number of nitrogens with one attached hydrogen (secondary N) is 1. The number of nitrogen functional groups attached to an aromatic ring is 1. The summed E-state index contributed by atoms with van der Waals surface area (Å²) in [4.78, 5) is 10.3. The lowest BCUT2D eigenvalue weighted by molar-refractivity contribution is -0.142. The fourth-order valence-electron chi connectivity index (χ4n) is 1.35. The van der Waals surface area contributed by atoms with Gasteiger partial charge in [-0.15, -0.1) is 0 Å². The highest BCUT2D eigenvalue weighted by molar-refractivity contribution is 7.89. The fourth-order valence-corrected chi connectivity index (χ4v) is 2.47. The number of ether oxygens (including phenoxy) is 1. The van der Waals surface area contributed by atoms with Crippen molar-refractivity contribution in [2.45, 2.75) is 18.2 Å². The Morgan fingerprint density at radius 1 is 1.35 bits per heavy atom. The topological polar surface area (TPSA) is 98.5 Å². The van der Waals surface area contributed by atoms with E-state index in [9.17, 15) is 22.0 Å². The van der Waals surface area contributed by atoms with Gasteiger partial charge in [-0.25, -0.2) is 21.9 Å². The smallest absolute Gasteiger partial charge is 0.307 e. The molecule has 9 heteroatoms. The summed E-state index contributed by atoms with van der Waals surface area (Å²) in [6, 6.07) is 1.06. The normalized spacial score (nSPS) is 11.3. The van der Waals surface area contributed by atoms with Crippen LogP contribution in [0.5, 0.6) is 0 Å². The van der Waals surface area contributed by atoms with Gasteiger partial charge < -0.3 is 10.5 Å². The molecule has 0 aromatic heterocycles. The Balaban J connectivity index is 2.79. The third kappa shape index (κ3) is 4.14. The van der Waals surface area contributed by atoms with Crippen molar-refractivity contribution in [2.75, 3.05) is 18.9 Å². The molecular formula is C11H14F2N2O4S. The van der Waals surface area contributed by atoms with Crippen LogP contribution in [0.15, 0.2) is 17.0 Å². The molecule has 0 heterocycles. The van der Waals surface area contributed by atoms with Gasteiger partial charge in [0.05, 0.1) is 18.7 Å². The Morgan fingerprint density at radius 3 is 2.60 bits per heavy atom. The molecule has 6 nitrogen and oxygen atoms in total. The molecule has 0 amide bonds. The summed E-state index contributed by atoms with van der Waals surface area (Å²) in [5.74, 6) is -2.90. The van der Waals surface area contributed by atoms with E-state index in [0.29, 0.717) is 12.1 Å². The zero-order valence-corrected chi connectivity index (χ0v) is 11.5. The maximum atomic E-state index is 13.4. The van der Waals surface area contributed by atoms with Gasteiger partial charge in [-0.2, -0.15) is 0 Å². The van der Waals surface area contributed by atoms with Crippen molar-refractivity contribution in [2.24, 2.45) is 0 Å². The van der Waals surface area contributed by atoms with Crippen molar-refractivity contribution in [1.82, 2.24) is 4.72 Å². The lowest BCUT2D eigenvalue weighted by atomic mass is 10.3. The number of rotatable bonds is 6. The molecule has 0 aliphatic carbocycles. The molecule has 0 bridgehead atoms. The van der Waals surface area contributed by atoms with Crippen molar-refractivity contribution in [3.05, 3.63) is 23.8 Å². The van der Waals surface area contributed by atoms with Crippen LogP contribution in [0.4, 0.5) is 14.5 Å². The zero-order chi connectivity index (χ0) is 15.3. The lowest BCUT2D eigenvalue weighted by Crippen LogP contribution is -2.27. The van der Waals surface area contributed by atoms with Crippen LogP contribution >= 0.6 is 0 Å². The first-order valence-electron chi connectivity index (χ1n) is 5.67. The summed E-state index contributed by atoms with van der Waals surface area (Å²) in [6.45, 7) is 1.52.